The minimum Gasteiger partial charge on any atom is -0.494 e. The van der Waals surface area contributed by atoms with Gasteiger partial charge < -0.3 is 10.1 Å². The third-order valence-corrected chi connectivity index (χ3v) is 5.12. The lowest BCUT2D eigenvalue weighted by Gasteiger charge is -2.09. The summed E-state index contributed by atoms with van der Waals surface area (Å²) >= 11 is 0. The number of hydrogen-bond acceptors (Lipinski definition) is 5. The minimum absolute atomic E-state index is 0.231. The largest absolute Gasteiger partial charge is 0.494 e. The van der Waals surface area contributed by atoms with Crippen LogP contribution in [0.4, 0.5) is 0 Å². The maximum absolute atomic E-state index is 12.7. The van der Waals surface area contributed by atoms with Gasteiger partial charge in [-0.15, -0.1) is 0 Å². The van der Waals surface area contributed by atoms with E-state index >= 15 is 0 Å². The molecule has 1 N–H and O–H groups in total. The first-order chi connectivity index (χ1) is 16.0. The van der Waals surface area contributed by atoms with Crippen molar-refractivity contribution in [1.82, 2.24) is 24.9 Å². The monoisotopic (exact) mass is 443 g/mol. The third-order valence-electron chi connectivity index (χ3n) is 5.12. The van der Waals surface area contributed by atoms with Crippen molar-refractivity contribution >= 4 is 5.91 Å². The summed E-state index contributed by atoms with van der Waals surface area (Å²) in [5.41, 5.74) is 3.42. The second kappa shape index (κ2) is 9.95. The van der Waals surface area contributed by atoms with Crippen LogP contribution in [-0.4, -0.2) is 38.6 Å². The molecule has 0 atom stereocenters. The molecule has 168 valence electrons. The highest BCUT2D eigenvalue weighted by molar-refractivity contribution is 5.93. The summed E-state index contributed by atoms with van der Waals surface area (Å²) in [4.78, 5) is 24.9. The standard InChI is InChI=1S/C25H25N5O3/c1-3-33-20-11-9-19(10-12-20)21-13-14-24(31)30(28-21)16-15-26-25(32)23-17-22(27-29(23)2)18-7-5-4-6-8-18/h4-14,17H,3,15-16H2,1-2H3,(H,26,32). The number of benzene rings is 2. The lowest BCUT2D eigenvalue weighted by molar-refractivity contribution is 0.0942. The Morgan fingerprint density at radius 2 is 1.67 bits per heavy atom. The van der Waals surface area contributed by atoms with Gasteiger partial charge in [-0.05, 0) is 43.3 Å². The van der Waals surface area contributed by atoms with Crippen LogP contribution in [0.15, 0.2) is 77.6 Å². The number of carbonyl (C=O) groups is 1. The number of carbonyl (C=O) groups excluding carboxylic acids is 1. The second-order valence-corrected chi connectivity index (χ2v) is 7.40. The van der Waals surface area contributed by atoms with E-state index in [1.165, 1.54) is 10.7 Å². The SMILES string of the molecule is CCOc1ccc(-c2ccc(=O)n(CCNC(=O)c3cc(-c4ccccc4)nn3C)n2)cc1. The van der Waals surface area contributed by atoms with Crippen LogP contribution in [0.2, 0.25) is 0 Å². The first-order valence-corrected chi connectivity index (χ1v) is 10.7. The normalized spacial score (nSPS) is 10.7. The molecule has 4 aromatic rings. The van der Waals surface area contributed by atoms with Gasteiger partial charge in [0.25, 0.3) is 11.5 Å². The molecule has 2 aromatic carbocycles. The molecule has 0 aliphatic heterocycles. The van der Waals surface area contributed by atoms with Gasteiger partial charge in [-0.3, -0.25) is 14.3 Å². The number of nitrogens with one attached hydrogen (secondary N) is 1. The predicted molar refractivity (Wildman–Crippen MR) is 126 cm³/mol. The molecule has 2 heterocycles. The molecule has 0 aliphatic carbocycles. The molecule has 0 bridgehead atoms. The number of aryl methyl sites for hydroxylation is 1. The molecule has 0 fully saturated rings. The fraction of sp³-hybridized carbons (Fsp3) is 0.200. The maximum Gasteiger partial charge on any atom is 0.269 e. The van der Waals surface area contributed by atoms with Crippen molar-refractivity contribution < 1.29 is 9.53 Å². The summed E-state index contributed by atoms with van der Waals surface area (Å²) in [6.07, 6.45) is 0. The molecule has 33 heavy (non-hydrogen) atoms. The fourth-order valence-corrected chi connectivity index (χ4v) is 3.45. The van der Waals surface area contributed by atoms with Gasteiger partial charge >= 0.3 is 0 Å². The average Bonchev–Trinajstić information content (AvgIpc) is 3.23. The van der Waals surface area contributed by atoms with Gasteiger partial charge in [-0.2, -0.15) is 10.2 Å². The van der Waals surface area contributed by atoms with Gasteiger partial charge in [0.1, 0.15) is 11.4 Å². The van der Waals surface area contributed by atoms with Gasteiger partial charge in [0.2, 0.25) is 0 Å². The van der Waals surface area contributed by atoms with Gasteiger partial charge in [0, 0.05) is 30.8 Å². The van der Waals surface area contributed by atoms with Crippen LogP contribution < -0.4 is 15.6 Å². The van der Waals surface area contributed by atoms with Crippen molar-refractivity contribution in [1.29, 1.82) is 0 Å². The van der Waals surface area contributed by atoms with Crippen LogP contribution >= 0.6 is 0 Å². The first kappa shape index (κ1) is 22.0. The lowest BCUT2D eigenvalue weighted by Crippen LogP contribution is -2.32. The predicted octanol–water partition coefficient (Wildman–Crippen LogP) is 3.14. The minimum atomic E-state index is -0.261. The number of hydrogen-bond donors (Lipinski definition) is 1. The van der Waals surface area contributed by atoms with Crippen molar-refractivity contribution in [3.63, 3.8) is 0 Å². The van der Waals surface area contributed by atoms with Crippen molar-refractivity contribution in [2.75, 3.05) is 13.2 Å². The van der Waals surface area contributed by atoms with Gasteiger partial charge in [0.15, 0.2) is 0 Å². The Labute approximate surface area is 191 Å². The van der Waals surface area contributed by atoms with Gasteiger partial charge in [0.05, 0.1) is 24.5 Å². The molecular formula is C25H25N5O3. The van der Waals surface area contributed by atoms with Crippen LogP contribution in [0.5, 0.6) is 5.75 Å². The molecular weight excluding hydrogens is 418 g/mol. The first-order valence-electron chi connectivity index (χ1n) is 10.7. The summed E-state index contributed by atoms with van der Waals surface area (Å²) < 4.78 is 8.37. The molecule has 0 saturated carbocycles. The van der Waals surface area contributed by atoms with Crippen molar-refractivity contribution in [3.05, 3.63) is 88.8 Å². The summed E-state index contributed by atoms with van der Waals surface area (Å²) in [7, 11) is 1.73. The smallest absolute Gasteiger partial charge is 0.269 e. The van der Waals surface area contributed by atoms with Gasteiger partial charge in [-0.25, -0.2) is 4.68 Å². The highest BCUT2D eigenvalue weighted by atomic mass is 16.5. The van der Waals surface area contributed by atoms with Crippen LogP contribution in [0.1, 0.15) is 17.4 Å². The fourth-order valence-electron chi connectivity index (χ4n) is 3.45. The number of amides is 1. The van der Waals surface area contributed by atoms with E-state index in [-0.39, 0.29) is 24.6 Å². The molecule has 2 aromatic heterocycles. The van der Waals surface area contributed by atoms with Crippen LogP contribution in [0, 0.1) is 0 Å². The molecule has 0 aliphatic rings. The molecule has 8 heteroatoms. The van der Waals surface area contributed by atoms with Crippen molar-refractivity contribution in [2.45, 2.75) is 13.5 Å². The van der Waals surface area contributed by atoms with E-state index in [0.717, 1.165) is 22.6 Å². The number of rotatable bonds is 8. The van der Waals surface area contributed by atoms with E-state index < -0.39 is 0 Å². The molecule has 4 rings (SSSR count). The van der Waals surface area contributed by atoms with E-state index in [1.807, 2.05) is 61.5 Å². The molecule has 1 amide bonds. The number of aromatic nitrogens is 4. The van der Waals surface area contributed by atoms with Crippen LogP contribution in [-0.2, 0) is 13.6 Å². The van der Waals surface area contributed by atoms with Crippen LogP contribution in [0.25, 0.3) is 22.5 Å². The quantitative estimate of drug-likeness (QED) is 0.452. The Bertz CT molecular complexity index is 1290. The van der Waals surface area contributed by atoms with Crippen molar-refractivity contribution in [3.8, 4) is 28.3 Å². The summed E-state index contributed by atoms with van der Waals surface area (Å²) in [5.74, 6) is 0.519. The van der Waals surface area contributed by atoms with Gasteiger partial charge in [-0.1, -0.05) is 30.3 Å². The number of ether oxygens (including phenoxy) is 1. The lowest BCUT2D eigenvalue weighted by atomic mass is 10.1. The summed E-state index contributed by atoms with van der Waals surface area (Å²) in [5, 5.41) is 11.7. The average molecular weight is 444 g/mol. The number of nitrogens with zero attached hydrogens (tertiary/aromatic N) is 4. The zero-order valence-electron chi connectivity index (χ0n) is 18.6. The Balaban J connectivity index is 1.41. The van der Waals surface area contributed by atoms with E-state index in [0.29, 0.717) is 18.0 Å². The maximum atomic E-state index is 12.7. The topological polar surface area (TPSA) is 91.0 Å². The Morgan fingerprint density at radius 1 is 0.939 bits per heavy atom. The second-order valence-electron chi connectivity index (χ2n) is 7.40. The van der Waals surface area contributed by atoms with Crippen LogP contribution in [0.3, 0.4) is 0 Å². The molecule has 0 radical (unpaired) electrons. The summed E-state index contributed by atoms with van der Waals surface area (Å²) in [6, 6.07) is 22.1. The van der Waals surface area contributed by atoms with E-state index in [4.69, 9.17) is 4.74 Å². The molecule has 0 spiro atoms. The Hall–Kier alpha value is -4.20. The highest BCUT2D eigenvalue weighted by Crippen LogP contribution is 2.20. The summed E-state index contributed by atoms with van der Waals surface area (Å²) in [6.45, 7) is 3.03. The third kappa shape index (κ3) is 5.17. The molecule has 0 unspecified atom stereocenters. The highest BCUT2D eigenvalue weighted by Gasteiger charge is 2.14. The Kier molecular flexibility index (Phi) is 6.64. The van der Waals surface area contributed by atoms with E-state index in [1.54, 1.807) is 23.9 Å². The zero-order valence-corrected chi connectivity index (χ0v) is 18.6. The molecule has 0 saturated heterocycles. The van der Waals surface area contributed by atoms with E-state index in [2.05, 4.69) is 15.5 Å². The van der Waals surface area contributed by atoms with Crippen molar-refractivity contribution in [2.24, 2.45) is 7.05 Å². The zero-order chi connectivity index (χ0) is 23.2. The van der Waals surface area contributed by atoms with E-state index in [9.17, 15) is 9.59 Å². The Morgan fingerprint density at radius 3 is 2.39 bits per heavy atom. The molecule has 8 nitrogen and oxygen atoms in total.